The number of alkyl halides is 3. The molecule has 36 heavy (non-hydrogen) atoms. The summed E-state index contributed by atoms with van der Waals surface area (Å²) in [5, 5.41) is 2.20. The Bertz CT molecular complexity index is 1240. The van der Waals surface area contributed by atoms with E-state index in [9.17, 15) is 22.9 Å². The molecule has 0 aliphatic carbocycles. The van der Waals surface area contributed by atoms with Crippen LogP contribution in [0.5, 0.6) is 5.75 Å². The van der Waals surface area contributed by atoms with Crippen molar-refractivity contribution in [2.75, 3.05) is 6.61 Å². The third-order valence-corrected chi connectivity index (χ3v) is 6.94. The number of aliphatic imine (C=N–C) groups is 2. The smallest absolute Gasteiger partial charge is 0.416 e. The molecule has 2 aromatic rings. The van der Waals surface area contributed by atoms with E-state index in [1.165, 1.54) is 23.9 Å². The molecule has 190 valence electrons. The van der Waals surface area contributed by atoms with Gasteiger partial charge in [-0.3, -0.25) is 14.8 Å². The summed E-state index contributed by atoms with van der Waals surface area (Å²) >= 11 is 1.47. The first-order valence-electron chi connectivity index (χ1n) is 11.4. The zero-order chi connectivity index (χ0) is 26.5. The molecule has 2 aromatic carbocycles. The van der Waals surface area contributed by atoms with E-state index in [1.807, 2.05) is 33.8 Å². The molecule has 0 saturated heterocycles. The third kappa shape index (κ3) is 6.29. The number of fused-ring (bicyclic) bond motifs is 1. The van der Waals surface area contributed by atoms with Gasteiger partial charge in [0.25, 0.3) is 5.91 Å². The number of carbonyl (C=O) groups excluding carboxylic acids is 1. The molecule has 0 bridgehead atoms. The third-order valence-electron chi connectivity index (χ3n) is 5.59. The molecular weight excluding hydrogens is 491 g/mol. The molecule has 4 rings (SSSR count). The van der Waals surface area contributed by atoms with Gasteiger partial charge in [-0.25, -0.2) is 0 Å². The van der Waals surface area contributed by atoms with E-state index >= 15 is 0 Å². The number of carbonyl (C=O) groups is 1. The van der Waals surface area contributed by atoms with Crippen LogP contribution in [0.2, 0.25) is 0 Å². The minimum Gasteiger partial charge on any atom is -0.486 e. The maximum atomic E-state index is 12.9. The fraction of sp³-hybridized carbons (Fsp3) is 0.346. The van der Waals surface area contributed by atoms with Crippen molar-refractivity contribution in [2.24, 2.45) is 15.2 Å². The van der Waals surface area contributed by atoms with Crippen LogP contribution in [-0.2, 0) is 17.4 Å². The summed E-state index contributed by atoms with van der Waals surface area (Å²) in [5.74, 6) is -0.220. The molecule has 0 N–H and O–H groups in total. The summed E-state index contributed by atoms with van der Waals surface area (Å²) in [4.78, 5) is 31.6. The first-order valence-corrected chi connectivity index (χ1v) is 12.3. The fourth-order valence-electron chi connectivity index (χ4n) is 3.71. The Kier molecular flexibility index (Phi) is 8.84. The molecule has 6 nitrogen and oxygen atoms in total. The van der Waals surface area contributed by atoms with Gasteiger partial charge in [0.1, 0.15) is 18.0 Å². The van der Waals surface area contributed by atoms with Gasteiger partial charge in [-0.15, -0.1) is 16.7 Å². The number of hydrogen-bond acceptors (Lipinski definition) is 6. The highest BCUT2D eigenvalue weighted by atomic mass is 32.2. The maximum absolute atomic E-state index is 12.9. The van der Waals surface area contributed by atoms with Crippen LogP contribution in [-0.4, -0.2) is 24.4 Å². The van der Waals surface area contributed by atoms with Crippen LogP contribution in [0, 0.1) is 11.8 Å². The van der Waals surface area contributed by atoms with Gasteiger partial charge in [0.05, 0.1) is 17.2 Å². The predicted octanol–water partition coefficient (Wildman–Crippen LogP) is 7.52. The van der Waals surface area contributed by atoms with Crippen molar-refractivity contribution in [3.8, 4) is 5.75 Å². The lowest BCUT2D eigenvalue weighted by Gasteiger charge is -2.21. The van der Waals surface area contributed by atoms with E-state index in [2.05, 4.69) is 15.2 Å². The van der Waals surface area contributed by atoms with Crippen LogP contribution < -0.4 is 4.74 Å². The minimum atomic E-state index is -4.38. The molecule has 0 saturated carbocycles. The summed E-state index contributed by atoms with van der Waals surface area (Å²) in [6.45, 7) is 7.99. The summed E-state index contributed by atoms with van der Waals surface area (Å²) in [5.41, 5.74) is 3.93. The summed E-state index contributed by atoms with van der Waals surface area (Å²) in [7, 11) is 0. The first-order chi connectivity index (χ1) is 17.2. The Morgan fingerprint density at radius 1 is 1.14 bits per heavy atom. The first kappa shape index (κ1) is 27.3. The molecule has 2 aliphatic heterocycles. The largest absolute Gasteiger partial charge is 0.486 e. The monoisotopic (exact) mass is 517 g/mol. The Labute approximate surface area is 211 Å². The Balaban J connectivity index is 0.00000176. The number of amides is 1. The normalized spacial score (nSPS) is 16.6. The topological polar surface area (TPSA) is 80.5 Å². The number of halogens is 3. The highest BCUT2D eigenvalue weighted by molar-refractivity contribution is 8.04. The van der Waals surface area contributed by atoms with Crippen molar-refractivity contribution in [1.29, 1.82) is 0 Å². The quantitative estimate of drug-likeness (QED) is 0.371. The number of hydrogen-bond donors (Lipinski definition) is 0. The number of nitroso groups, excluding NO2 is 1. The molecule has 0 aromatic heterocycles. The van der Waals surface area contributed by atoms with Gasteiger partial charge in [0, 0.05) is 34.1 Å². The van der Waals surface area contributed by atoms with Crippen LogP contribution in [0.25, 0.3) is 0 Å². The summed E-state index contributed by atoms with van der Waals surface area (Å²) < 4.78 is 44.6. The number of ether oxygens (including phenoxy) is 1. The molecule has 2 aliphatic rings. The van der Waals surface area contributed by atoms with Crippen molar-refractivity contribution < 1.29 is 22.7 Å². The van der Waals surface area contributed by atoms with Crippen LogP contribution >= 0.6 is 11.8 Å². The highest BCUT2D eigenvalue weighted by Crippen LogP contribution is 2.42. The lowest BCUT2D eigenvalue weighted by Crippen LogP contribution is -2.09. The molecule has 2 heterocycles. The van der Waals surface area contributed by atoms with Gasteiger partial charge in [0.2, 0.25) is 0 Å². The van der Waals surface area contributed by atoms with Gasteiger partial charge in [-0.1, -0.05) is 32.0 Å². The second kappa shape index (κ2) is 11.6. The van der Waals surface area contributed by atoms with Crippen molar-refractivity contribution in [1.82, 2.24) is 0 Å². The van der Waals surface area contributed by atoms with E-state index in [4.69, 9.17) is 4.74 Å². The van der Waals surface area contributed by atoms with Crippen LogP contribution in [0.3, 0.4) is 0 Å². The minimum absolute atomic E-state index is 0.124. The average molecular weight is 518 g/mol. The van der Waals surface area contributed by atoms with Crippen molar-refractivity contribution in [3.05, 3.63) is 74.2 Å². The second-order valence-corrected chi connectivity index (χ2v) is 9.19. The lowest BCUT2D eigenvalue weighted by molar-refractivity contribution is -0.137. The Morgan fingerprint density at radius 3 is 2.47 bits per heavy atom. The van der Waals surface area contributed by atoms with E-state index in [0.717, 1.165) is 33.9 Å². The standard InChI is InChI=1S/C24H20F3N3O3S.C2H6/c1-13-3-8-19(23-18(13)9-17(29-23)10-22(31)30-32)33-12-21-14(2)28-11-20(34-21)15-4-6-16(7-5-15)24(25,26)27;1-2/h3-8,11,20H,9-10,12H2,1-2H3;1-2H3. The van der Waals surface area contributed by atoms with E-state index in [1.54, 1.807) is 12.3 Å². The van der Waals surface area contributed by atoms with Crippen LogP contribution in [0.1, 0.15) is 54.7 Å². The molecule has 0 radical (unpaired) electrons. The molecule has 1 unspecified atom stereocenters. The predicted molar refractivity (Wildman–Crippen MR) is 137 cm³/mol. The zero-order valence-electron chi connectivity index (χ0n) is 20.3. The number of rotatable bonds is 6. The van der Waals surface area contributed by atoms with E-state index in [0.29, 0.717) is 29.1 Å². The molecule has 1 amide bonds. The number of thioether (sulfide) groups is 1. The molecule has 10 heteroatoms. The Hall–Kier alpha value is -3.27. The van der Waals surface area contributed by atoms with Crippen LogP contribution in [0.4, 0.5) is 18.9 Å². The van der Waals surface area contributed by atoms with Gasteiger partial charge in [-0.2, -0.15) is 13.2 Å². The van der Waals surface area contributed by atoms with Crippen molar-refractivity contribution in [3.63, 3.8) is 0 Å². The second-order valence-electron chi connectivity index (χ2n) is 7.96. The van der Waals surface area contributed by atoms with Gasteiger partial charge in [0.15, 0.2) is 0 Å². The molecule has 0 fully saturated rings. The van der Waals surface area contributed by atoms with Gasteiger partial charge in [-0.05, 0) is 48.7 Å². The molecule has 1 atom stereocenters. The number of allylic oxidation sites excluding steroid dienone is 1. The van der Waals surface area contributed by atoms with E-state index < -0.39 is 17.6 Å². The van der Waals surface area contributed by atoms with Crippen LogP contribution in [0.15, 0.2) is 62.2 Å². The van der Waals surface area contributed by atoms with Gasteiger partial charge < -0.3 is 4.74 Å². The maximum Gasteiger partial charge on any atom is 0.416 e. The number of nitrogens with zero attached hydrogens (tertiary/aromatic N) is 3. The number of benzene rings is 2. The average Bonchev–Trinajstić information content (AvgIpc) is 3.30. The Morgan fingerprint density at radius 2 is 1.83 bits per heavy atom. The summed E-state index contributed by atoms with van der Waals surface area (Å²) in [6.07, 6.45) is -2.34. The number of aryl methyl sites for hydroxylation is 1. The van der Waals surface area contributed by atoms with Crippen molar-refractivity contribution >= 4 is 35.3 Å². The lowest BCUT2D eigenvalue weighted by atomic mass is 10.0. The SMILES string of the molecule is CC.CC1=C(COc2ccc(C)c3c2N=C(CC(=O)N=O)C3)SC(c2ccc(C(F)(F)F)cc2)C=N1. The highest BCUT2D eigenvalue weighted by Gasteiger charge is 2.30. The van der Waals surface area contributed by atoms with Gasteiger partial charge >= 0.3 is 6.18 Å². The molecule has 0 spiro atoms. The fourth-order valence-corrected chi connectivity index (χ4v) is 4.78. The zero-order valence-corrected chi connectivity index (χ0v) is 21.2. The van der Waals surface area contributed by atoms with E-state index in [-0.39, 0.29) is 18.3 Å². The molecular formula is C26H26F3N3O3S. The summed E-state index contributed by atoms with van der Waals surface area (Å²) in [6, 6.07) is 8.78. The van der Waals surface area contributed by atoms with Crippen molar-refractivity contribution in [2.45, 2.75) is 52.0 Å².